The SMILES string of the molecule is Cl.FC(F)c1nnc(-c2ccnc(Br)c2)o1.NNC(=O)c1ccnc(Br)c1. The van der Waals surface area contributed by atoms with Gasteiger partial charge >= 0.3 is 6.43 Å². The molecule has 3 heterocycles. The van der Waals surface area contributed by atoms with Crippen molar-refractivity contribution in [2.45, 2.75) is 6.43 Å². The molecule has 1 amide bonds. The van der Waals surface area contributed by atoms with Gasteiger partial charge < -0.3 is 4.42 Å². The molecule has 3 N–H and O–H groups in total. The van der Waals surface area contributed by atoms with Crippen molar-refractivity contribution < 1.29 is 18.0 Å². The number of nitrogen functional groups attached to an aromatic ring is 1. The summed E-state index contributed by atoms with van der Waals surface area (Å²) in [5.41, 5.74) is 3.04. The van der Waals surface area contributed by atoms with Gasteiger partial charge in [-0.1, -0.05) is 0 Å². The number of nitrogens with zero attached hydrogens (tertiary/aromatic N) is 4. The fourth-order valence-corrected chi connectivity index (χ4v) is 2.33. The molecule has 8 nitrogen and oxygen atoms in total. The molecule has 0 saturated carbocycles. The summed E-state index contributed by atoms with van der Waals surface area (Å²) < 4.78 is 30.3. The number of nitrogens with one attached hydrogen (secondary N) is 1. The Hall–Kier alpha value is -2.02. The first-order valence-corrected chi connectivity index (χ1v) is 8.35. The molecule has 0 atom stereocenters. The van der Waals surface area contributed by atoms with Gasteiger partial charge in [-0.3, -0.25) is 10.2 Å². The van der Waals surface area contributed by atoms with Crippen LogP contribution in [0.1, 0.15) is 22.7 Å². The third kappa shape index (κ3) is 6.90. The molecular formula is C14H11Br2ClF2N6O2. The van der Waals surface area contributed by atoms with Crippen LogP contribution in [0.5, 0.6) is 0 Å². The molecule has 27 heavy (non-hydrogen) atoms. The van der Waals surface area contributed by atoms with Crippen LogP contribution < -0.4 is 11.3 Å². The molecule has 0 spiro atoms. The van der Waals surface area contributed by atoms with Crippen molar-refractivity contribution in [2.24, 2.45) is 5.84 Å². The van der Waals surface area contributed by atoms with Crippen molar-refractivity contribution in [3.8, 4) is 11.5 Å². The topological polar surface area (TPSA) is 120 Å². The summed E-state index contributed by atoms with van der Waals surface area (Å²) >= 11 is 6.27. The number of alkyl halides is 2. The summed E-state index contributed by atoms with van der Waals surface area (Å²) in [5, 5.41) is 6.72. The van der Waals surface area contributed by atoms with Crippen molar-refractivity contribution in [3.05, 3.63) is 57.3 Å². The van der Waals surface area contributed by atoms with Crippen LogP contribution in [0, 0.1) is 0 Å². The molecule has 13 heteroatoms. The number of aromatic nitrogens is 4. The second-order valence-electron chi connectivity index (χ2n) is 4.45. The van der Waals surface area contributed by atoms with Crippen molar-refractivity contribution in [1.29, 1.82) is 0 Å². The van der Waals surface area contributed by atoms with E-state index in [-0.39, 0.29) is 24.2 Å². The Morgan fingerprint density at radius 3 is 2.26 bits per heavy atom. The molecule has 0 aliphatic rings. The lowest BCUT2D eigenvalue weighted by molar-refractivity contribution is 0.0953. The van der Waals surface area contributed by atoms with Crippen LogP contribution in [-0.4, -0.2) is 26.1 Å². The smallest absolute Gasteiger partial charge is 0.314 e. The number of amides is 1. The van der Waals surface area contributed by atoms with E-state index in [2.05, 4.69) is 52.0 Å². The number of hydrogen-bond donors (Lipinski definition) is 2. The maximum atomic E-state index is 12.2. The minimum Gasteiger partial charge on any atom is -0.415 e. The Balaban J connectivity index is 0.000000273. The van der Waals surface area contributed by atoms with E-state index >= 15 is 0 Å². The normalized spacial score (nSPS) is 9.85. The van der Waals surface area contributed by atoms with Crippen molar-refractivity contribution in [1.82, 2.24) is 25.6 Å². The van der Waals surface area contributed by atoms with E-state index in [9.17, 15) is 13.6 Å². The maximum Gasteiger partial charge on any atom is 0.314 e. The van der Waals surface area contributed by atoms with Crippen LogP contribution in [0.4, 0.5) is 8.78 Å². The molecule has 144 valence electrons. The molecule has 0 fully saturated rings. The monoisotopic (exact) mass is 526 g/mol. The third-order valence-electron chi connectivity index (χ3n) is 2.72. The summed E-state index contributed by atoms with van der Waals surface area (Å²) in [7, 11) is 0. The molecular weight excluding hydrogens is 517 g/mol. The fraction of sp³-hybridized carbons (Fsp3) is 0.0714. The number of carbonyl (C=O) groups is 1. The molecule has 3 rings (SSSR count). The first kappa shape index (κ1) is 23.0. The van der Waals surface area contributed by atoms with Gasteiger partial charge in [0, 0.05) is 23.5 Å². The summed E-state index contributed by atoms with van der Waals surface area (Å²) in [6.07, 6.45) is 0.275. The van der Waals surface area contributed by atoms with E-state index < -0.39 is 12.3 Å². The second-order valence-corrected chi connectivity index (χ2v) is 6.08. The van der Waals surface area contributed by atoms with E-state index in [1.165, 1.54) is 12.4 Å². The molecule has 0 radical (unpaired) electrons. The fourth-order valence-electron chi connectivity index (χ4n) is 1.60. The molecule has 0 aliphatic heterocycles. The van der Waals surface area contributed by atoms with E-state index in [1.54, 1.807) is 24.3 Å². The molecule has 0 bridgehead atoms. The third-order valence-corrected chi connectivity index (χ3v) is 3.59. The Bertz CT molecular complexity index is 899. The Labute approximate surface area is 174 Å². The molecule has 3 aromatic heterocycles. The molecule has 0 aromatic carbocycles. The Kier molecular flexibility index (Phi) is 9.35. The lowest BCUT2D eigenvalue weighted by Crippen LogP contribution is -2.29. The van der Waals surface area contributed by atoms with E-state index in [4.69, 9.17) is 10.3 Å². The van der Waals surface area contributed by atoms with Gasteiger partial charge in [-0.05, 0) is 56.1 Å². The van der Waals surface area contributed by atoms with E-state index in [1.807, 2.05) is 5.43 Å². The van der Waals surface area contributed by atoms with Gasteiger partial charge in [0.15, 0.2) is 0 Å². The number of halogens is 5. The molecule has 3 aromatic rings. The van der Waals surface area contributed by atoms with Crippen LogP contribution in [0.3, 0.4) is 0 Å². The summed E-state index contributed by atoms with van der Waals surface area (Å²) in [6, 6.07) is 6.35. The first-order valence-electron chi connectivity index (χ1n) is 6.76. The lowest BCUT2D eigenvalue weighted by Gasteiger charge is -1.97. The molecule has 0 saturated heterocycles. The second kappa shape index (κ2) is 11.0. The van der Waals surface area contributed by atoms with Crippen molar-refractivity contribution in [2.75, 3.05) is 0 Å². The zero-order chi connectivity index (χ0) is 19.1. The summed E-state index contributed by atoms with van der Waals surface area (Å²) in [4.78, 5) is 18.6. The van der Waals surface area contributed by atoms with Crippen molar-refractivity contribution in [3.63, 3.8) is 0 Å². The van der Waals surface area contributed by atoms with Crippen LogP contribution in [0.2, 0.25) is 0 Å². The van der Waals surface area contributed by atoms with Gasteiger partial charge in [-0.15, -0.1) is 22.6 Å². The number of hydrazine groups is 1. The number of pyridine rings is 2. The molecule has 0 unspecified atom stereocenters. The van der Waals surface area contributed by atoms with E-state index in [0.29, 0.717) is 20.3 Å². The standard InChI is InChI=1S/C8H4BrF2N3O.C6H6BrN3O.ClH/c9-5-3-4(1-2-12-5)7-13-14-8(15-7)6(10)11;7-5-3-4(1-2-9-5)6(11)10-8;/h1-3,6H;1-3H,8H2,(H,10,11);1H. The maximum absolute atomic E-state index is 12.2. The first-order chi connectivity index (χ1) is 12.4. The van der Waals surface area contributed by atoms with Gasteiger partial charge in [0.25, 0.3) is 11.8 Å². The predicted octanol–water partition coefficient (Wildman–Crippen LogP) is 3.70. The zero-order valence-electron chi connectivity index (χ0n) is 13.1. The average Bonchev–Trinajstić information content (AvgIpc) is 3.12. The van der Waals surface area contributed by atoms with Crippen LogP contribution in [0.25, 0.3) is 11.5 Å². The number of carbonyl (C=O) groups excluding carboxylic acids is 1. The number of nitrogens with two attached hydrogens (primary N) is 1. The highest BCUT2D eigenvalue weighted by molar-refractivity contribution is 9.10. The van der Waals surface area contributed by atoms with Crippen molar-refractivity contribution >= 4 is 50.2 Å². The Morgan fingerprint density at radius 1 is 1.11 bits per heavy atom. The highest BCUT2D eigenvalue weighted by Crippen LogP contribution is 2.24. The van der Waals surface area contributed by atoms with Crippen LogP contribution >= 0.6 is 44.3 Å². The zero-order valence-corrected chi connectivity index (χ0v) is 17.1. The van der Waals surface area contributed by atoms with Gasteiger partial charge in [-0.25, -0.2) is 15.8 Å². The summed E-state index contributed by atoms with van der Waals surface area (Å²) in [5.74, 6) is 3.96. The summed E-state index contributed by atoms with van der Waals surface area (Å²) in [6.45, 7) is 0. The number of rotatable bonds is 3. The minimum absolute atomic E-state index is 0. The Morgan fingerprint density at radius 2 is 1.74 bits per heavy atom. The largest absolute Gasteiger partial charge is 0.415 e. The van der Waals surface area contributed by atoms with Gasteiger partial charge in [0.05, 0.1) is 0 Å². The van der Waals surface area contributed by atoms with Gasteiger partial charge in [0.1, 0.15) is 9.21 Å². The predicted molar refractivity (Wildman–Crippen MR) is 101 cm³/mol. The minimum atomic E-state index is -2.75. The average molecular weight is 529 g/mol. The van der Waals surface area contributed by atoms with Gasteiger partial charge in [-0.2, -0.15) is 8.78 Å². The number of hydrogen-bond acceptors (Lipinski definition) is 7. The molecule has 0 aliphatic carbocycles. The van der Waals surface area contributed by atoms with E-state index in [0.717, 1.165) is 0 Å². The highest BCUT2D eigenvalue weighted by Gasteiger charge is 2.16. The van der Waals surface area contributed by atoms with Crippen LogP contribution in [0.15, 0.2) is 50.3 Å². The lowest BCUT2D eigenvalue weighted by atomic mass is 10.3. The van der Waals surface area contributed by atoms with Crippen LogP contribution in [-0.2, 0) is 0 Å². The van der Waals surface area contributed by atoms with Gasteiger partial charge in [0.2, 0.25) is 5.89 Å². The quantitative estimate of drug-likeness (QED) is 0.230. The highest BCUT2D eigenvalue weighted by atomic mass is 79.9.